The van der Waals surface area contributed by atoms with Gasteiger partial charge in [-0.3, -0.25) is 9.59 Å². The van der Waals surface area contributed by atoms with E-state index in [-0.39, 0.29) is 17.4 Å². The second-order valence-electron chi connectivity index (χ2n) is 4.59. The largest absolute Gasteiger partial charge is 0.352 e. The van der Waals surface area contributed by atoms with E-state index in [1.807, 2.05) is 30.3 Å². The van der Waals surface area contributed by atoms with Crippen LogP contribution in [0.3, 0.4) is 0 Å². The first-order valence-electron chi connectivity index (χ1n) is 6.61. The van der Waals surface area contributed by atoms with Crippen LogP contribution in [-0.4, -0.2) is 11.8 Å². The van der Waals surface area contributed by atoms with Gasteiger partial charge < -0.3 is 10.6 Å². The Morgan fingerprint density at radius 3 is 2.36 bits per heavy atom. The maximum absolute atomic E-state index is 11.8. The molecule has 22 heavy (non-hydrogen) atoms. The van der Waals surface area contributed by atoms with E-state index in [1.165, 1.54) is 0 Å². The van der Waals surface area contributed by atoms with Crippen molar-refractivity contribution in [3.05, 3.63) is 64.1 Å². The topological polar surface area (TPSA) is 58.2 Å². The highest BCUT2D eigenvalue weighted by molar-refractivity contribution is 6.44. The summed E-state index contributed by atoms with van der Waals surface area (Å²) in [4.78, 5) is 23.6. The van der Waals surface area contributed by atoms with Crippen molar-refractivity contribution in [3.8, 4) is 0 Å². The number of rotatable bonds is 5. The lowest BCUT2D eigenvalue weighted by Crippen LogP contribution is -2.27. The third-order valence-corrected chi connectivity index (χ3v) is 3.70. The SMILES string of the molecule is O=C(CC(=O)Nc1cccc(Cl)c1Cl)NCc1ccccc1. The molecule has 4 nitrogen and oxygen atoms in total. The monoisotopic (exact) mass is 336 g/mol. The summed E-state index contributed by atoms with van der Waals surface area (Å²) >= 11 is 11.8. The maximum Gasteiger partial charge on any atom is 0.233 e. The van der Waals surface area contributed by atoms with Crippen molar-refractivity contribution in [3.63, 3.8) is 0 Å². The molecule has 0 fully saturated rings. The van der Waals surface area contributed by atoms with Crippen LogP contribution in [0, 0.1) is 0 Å². The average Bonchev–Trinajstić information content (AvgIpc) is 2.51. The van der Waals surface area contributed by atoms with Crippen LogP contribution < -0.4 is 10.6 Å². The summed E-state index contributed by atoms with van der Waals surface area (Å²) < 4.78 is 0. The number of benzene rings is 2. The van der Waals surface area contributed by atoms with Gasteiger partial charge in [0.1, 0.15) is 6.42 Å². The molecule has 0 heterocycles. The zero-order valence-corrected chi connectivity index (χ0v) is 13.1. The van der Waals surface area contributed by atoms with Crippen LogP contribution in [0.2, 0.25) is 10.0 Å². The molecule has 0 saturated heterocycles. The Kier molecular flexibility index (Phi) is 5.81. The molecule has 2 aromatic rings. The zero-order valence-electron chi connectivity index (χ0n) is 11.6. The summed E-state index contributed by atoms with van der Waals surface area (Å²) in [7, 11) is 0. The number of carbonyl (C=O) groups excluding carboxylic acids is 2. The standard InChI is InChI=1S/C16H14Cl2N2O2/c17-12-7-4-8-13(16(12)18)20-15(22)9-14(21)19-10-11-5-2-1-3-6-11/h1-8H,9-10H2,(H,19,21)(H,20,22). The predicted molar refractivity (Wildman–Crippen MR) is 88.0 cm³/mol. The van der Waals surface area contributed by atoms with Gasteiger partial charge in [-0.1, -0.05) is 59.6 Å². The molecular formula is C16H14Cl2N2O2. The van der Waals surface area contributed by atoms with E-state index in [1.54, 1.807) is 18.2 Å². The summed E-state index contributed by atoms with van der Waals surface area (Å²) in [6.45, 7) is 0.380. The zero-order chi connectivity index (χ0) is 15.9. The quantitative estimate of drug-likeness (QED) is 0.819. The Bertz CT molecular complexity index is 675. The lowest BCUT2D eigenvalue weighted by molar-refractivity contribution is -0.126. The molecule has 0 radical (unpaired) electrons. The van der Waals surface area contributed by atoms with Crippen LogP contribution in [0.25, 0.3) is 0 Å². The van der Waals surface area contributed by atoms with Gasteiger partial charge in [0.15, 0.2) is 0 Å². The smallest absolute Gasteiger partial charge is 0.233 e. The van der Waals surface area contributed by atoms with Gasteiger partial charge in [0, 0.05) is 6.54 Å². The Labute approximate surface area is 138 Å². The molecule has 0 unspecified atom stereocenters. The fraction of sp³-hybridized carbons (Fsp3) is 0.125. The van der Waals surface area contributed by atoms with Crippen molar-refractivity contribution in [2.24, 2.45) is 0 Å². The van der Waals surface area contributed by atoms with Crippen molar-refractivity contribution in [2.45, 2.75) is 13.0 Å². The molecule has 2 aromatic carbocycles. The summed E-state index contributed by atoms with van der Waals surface area (Å²) in [5, 5.41) is 5.84. The minimum atomic E-state index is -0.449. The molecule has 0 saturated carbocycles. The number of anilines is 1. The van der Waals surface area contributed by atoms with Gasteiger partial charge >= 0.3 is 0 Å². The van der Waals surface area contributed by atoms with Crippen molar-refractivity contribution in [1.82, 2.24) is 5.32 Å². The summed E-state index contributed by atoms with van der Waals surface area (Å²) in [6, 6.07) is 14.4. The average molecular weight is 337 g/mol. The third-order valence-electron chi connectivity index (χ3n) is 2.88. The van der Waals surface area contributed by atoms with Gasteiger partial charge in [0.25, 0.3) is 0 Å². The van der Waals surface area contributed by atoms with E-state index in [4.69, 9.17) is 23.2 Å². The van der Waals surface area contributed by atoms with Crippen molar-refractivity contribution < 1.29 is 9.59 Å². The van der Waals surface area contributed by atoms with E-state index in [9.17, 15) is 9.59 Å². The minimum Gasteiger partial charge on any atom is -0.352 e. The van der Waals surface area contributed by atoms with Crippen molar-refractivity contribution >= 4 is 40.7 Å². The first-order valence-corrected chi connectivity index (χ1v) is 7.36. The van der Waals surface area contributed by atoms with Gasteiger partial charge in [-0.2, -0.15) is 0 Å². The van der Waals surface area contributed by atoms with Crippen molar-refractivity contribution in [2.75, 3.05) is 5.32 Å². The van der Waals surface area contributed by atoms with E-state index in [0.717, 1.165) is 5.56 Å². The first-order chi connectivity index (χ1) is 10.6. The Morgan fingerprint density at radius 2 is 1.64 bits per heavy atom. The van der Waals surface area contributed by atoms with Crippen LogP contribution >= 0.6 is 23.2 Å². The number of amides is 2. The molecular weight excluding hydrogens is 323 g/mol. The van der Waals surface area contributed by atoms with Gasteiger partial charge in [-0.25, -0.2) is 0 Å². The number of hydrogen-bond acceptors (Lipinski definition) is 2. The molecule has 0 aliphatic carbocycles. The molecule has 2 N–H and O–H groups in total. The Hall–Kier alpha value is -2.04. The van der Waals surface area contributed by atoms with Crippen LogP contribution in [0.15, 0.2) is 48.5 Å². The first kappa shape index (κ1) is 16.3. The molecule has 2 amide bonds. The second-order valence-corrected chi connectivity index (χ2v) is 5.37. The lowest BCUT2D eigenvalue weighted by atomic mass is 10.2. The number of nitrogens with one attached hydrogen (secondary N) is 2. The fourth-order valence-corrected chi connectivity index (χ4v) is 2.15. The molecule has 0 spiro atoms. The van der Waals surface area contributed by atoms with Crippen LogP contribution in [0.5, 0.6) is 0 Å². The van der Waals surface area contributed by atoms with E-state index >= 15 is 0 Å². The van der Waals surface area contributed by atoms with Crippen LogP contribution in [0.1, 0.15) is 12.0 Å². The highest BCUT2D eigenvalue weighted by Gasteiger charge is 2.12. The third kappa shape index (κ3) is 4.76. The van der Waals surface area contributed by atoms with Crippen LogP contribution in [-0.2, 0) is 16.1 Å². The molecule has 2 rings (SSSR count). The maximum atomic E-state index is 11.8. The lowest BCUT2D eigenvalue weighted by Gasteiger charge is -2.08. The number of hydrogen-bond donors (Lipinski definition) is 2. The van der Waals surface area contributed by atoms with E-state index < -0.39 is 5.91 Å². The summed E-state index contributed by atoms with van der Waals surface area (Å²) in [5.41, 5.74) is 1.35. The van der Waals surface area contributed by atoms with Crippen LogP contribution in [0.4, 0.5) is 5.69 Å². The van der Waals surface area contributed by atoms with Crippen molar-refractivity contribution in [1.29, 1.82) is 0 Å². The molecule has 0 aliphatic heterocycles. The van der Waals surface area contributed by atoms with Gasteiger partial charge in [-0.05, 0) is 17.7 Å². The van der Waals surface area contributed by atoms with E-state index in [0.29, 0.717) is 17.3 Å². The molecule has 0 aromatic heterocycles. The number of carbonyl (C=O) groups is 2. The molecule has 0 bridgehead atoms. The fourth-order valence-electron chi connectivity index (χ4n) is 1.80. The summed E-state index contributed by atoms with van der Waals surface area (Å²) in [5.74, 6) is -0.811. The minimum absolute atomic E-state index is 0.252. The van der Waals surface area contributed by atoms with Gasteiger partial charge in [0.2, 0.25) is 11.8 Å². The summed E-state index contributed by atoms with van der Waals surface area (Å²) in [6.07, 6.45) is -0.282. The normalized spacial score (nSPS) is 10.1. The number of halogens is 2. The Balaban J connectivity index is 1.84. The molecule has 0 aliphatic rings. The highest BCUT2D eigenvalue weighted by Crippen LogP contribution is 2.29. The van der Waals surface area contributed by atoms with Gasteiger partial charge in [0.05, 0.1) is 15.7 Å². The molecule has 6 heteroatoms. The predicted octanol–water partition coefficient (Wildman–Crippen LogP) is 3.64. The molecule has 0 atom stereocenters. The van der Waals surface area contributed by atoms with Gasteiger partial charge in [-0.15, -0.1) is 0 Å². The Morgan fingerprint density at radius 1 is 0.909 bits per heavy atom. The van der Waals surface area contributed by atoms with E-state index in [2.05, 4.69) is 10.6 Å². The second kappa shape index (κ2) is 7.82. The highest BCUT2D eigenvalue weighted by atomic mass is 35.5. The molecule has 114 valence electrons.